The zero-order valence-corrected chi connectivity index (χ0v) is 35.5. The molecule has 0 aliphatic carbocycles. The standard InChI is InChI=1S/C41H66N6O12/c1-7-35(51)57-28-29-59-39(55)47(37(53)44-24-18-10-8-14-20-40(3,4)45-33-50)41(5,6)21-15-9-11-17-23-43-36(52)46(25-19-13-12-16-22-42-32-49)38(54)58-27-26-56-31-34(2)30-48/h7,30H,1-2,8-29,31H2,3-6H3,(H,43,52)(H,44,53). The van der Waals surface area contributed by atoms with Crippen LogP contribution in [0.1, 0.15) is 118 Å². The fourth-order valence-electron chi connectivity index (χ4n) is 5.57. The number of isocyanates is 2. The Morgan fingerprint density at radius 3 is 1.88 bits per heavy atom. The van der Waals surface area contributed by atoms with Crippen molar-refractivity contribution in [2.75, 3.05) is 59.2 Å². The second-order valence-corrected chi connectivity index (χ2v) is 14.9. The number of nitrogens with one attached hydrogen (secondary N) is 2. The normalized spacial score (nSPS) is 10.8. The van der Waals surface area contributed by atoms with Gasteiger partial charge in [-0.05, 0) is 66.2 Å². The molecular weight excluding hydrogens is 768 g/mol. The van der Waals surface area contributed by atoms with Crippen LogP contribution < -0.4 is 10.6 Å². The number of amides is 6. The summed E-state index contributed by atoms with van der Waals surface area (Å²) in [5.41, 5.74) is -1.17. The third-order valence-electron chi connectivity index (χ3n) is 8.88. The van der Waals surface area contributed by atoms with Crippen molar-refractivity contribution in [3.63, 3.8) is 0 Å². The smallest absolute Gasteiger partial charge is 0.418 e. The van der Waals surface area contributed by atoms with Crippen molar-refractivity contribution >= 4 is 48.7 Å². The van der Waals surface area contributed by atoms with Crippen molar-refractivity contribution in [2.45, 2.75) is 129 Å². The molecule has 59 heavy (non-hydrogen) atoms. The van der Waals surface area contributed by atoms with Crippen LogP contribution in [0.4, 0.5) is 19.2 Å². The summed E-state index contributed by atoms with van der Waals surface area (Å²) in [5, 5.41) is 5.58. The van der Waals surface area contributed by atoms with Gasteiger partial charge in [-0.2, -0.15) is 4.99 Å². The first-order valence-electron chi connectivity index (χ1n) is 20.2. The number of aldehydes is 1. The van der Waals surface area contributed by atoms with Crippen LogP contribution in [0.5, 0.6) is 0 Å². The van der Waals surface area contributed by atoms with Crippen molar-refractivity contribution < 1.29 is 57.3 Å². The van der Waals surface area contributed by atoms with Gasteiger partial charge in [0, 0.05) is 31.3 Å². The van der Waals surface area contributed by atoms with E-state index in [0.29, 0.717) is 77.2 Å². The van der Waals surface area contributed by atoms with Crippen LogP contribution >= 0.6 is 0 Å². The molecule has 2 N–H and O–H groups in total. The Balaban J connectivity index is 5.11. The molecule has 0 aromatic heterocycles. The average Bonchev–Trinajstić information content (AvgIpc) is 3.19. The molecule has 6 amide bonds. The van der Waals surface area contributed by atoms with Crippen LogP contribution in [0.25, 0.3) is 0 Å². The SMILES string of the molecule is C=CC(=O)OCCOC(=O)N(C(=O)NCCCCCCC(C)(C)N=C=O)C(C)(C)CCCCCCNC(=O)N(CCCCCCN=C=O)C(=O)OCCOCC(=C)C=O. The highest BCUT2D eigenvalue weighted by molar-refractivity contribution is 5.92. The van der Waals surface area contributed by atoms with Gasteiger partial charge in [-0.25, -0.2) is 48.4 Å². The number of aliphatic imine (C=N–C) groups is 2. The molecule has 0 radical (unpaired) electrons. The Hall–Kier alpha value is -5.18. The molecule has 0 aromatic carbocycles. The number of hydrogen-bond acceptors (Lipinski definition) is 14. The predicted molar refractivity (Wildman–Crippen MR) is 219 cm³/mol. The zero-order valence-electron chi connectivity index (χ0n) is 35.5. The van der Waals surface area contributed by atoms with E-state index in [2.05, 4.69) is 33.8 Å². The first kappa shape index (κ1) is 53.8. The van der Waals surface area contributed by atoms with Crippen LogP contribution in [0, 0.1) is 0 Å². The highest BCUT2D eigenvalue weighted by Crippen LogP contribution is 2.24. The molecule has 0 atom stereocenters. The summed E-state index contributed by atoms with van der Waals surface area (Å²) >= 11 is 0. The van der Waals surface area contributed by atoms with E-state index in [-0.39, 0.29) is 51.7 Å². The average molecular weight is 835 g/mol. The minimum Gasteiger partial charge on any atom is -0.459 e. The molecule has 18 nitrogen and oxygen atoms in total. The van der Waals surface area contributed by atoms with E-state index in [4.69, 9.17) is 18.9 Å². The maximum absolute atomic E-state index is 13.4. The Bertz CT molecular complexity index is 1420. The van der Waals surface area contributed by atoms with Crippen molar-refractivity contribution in [2.24, 2.45) is 9.98 Å². The van der Waals surface area contributed by atoms with E-state index >= 15 is 0 Å². The van der Waals surface area contributed by atoms with Crippen molar-refractivity contribution in [1.29, 1.82) is 0 Å². The molecule has 0 spiro atoms. The van der Waals surface area contributed by atoms with Crippen molar-refractivity contribution in [3.05, 3.63) is 24.8 Å². The number of esters is 1. The number of ether oxygens (including phenoxy) is 4. The first-order chi connectivity index (χ1) is 28.1. The summed E-state index contributed by atoms with van der Waals surface area (Å²) in [6.07, 6.45) is 12.6. The van der Waals surface area contributed by atoms with Gasteiger partial charge in [-0.1, -0.05) is 64.5 Å². The minimum atomic E-state index is -0.950. The molecule has 0 unspecified atom stereocenters. The molecule has 0 saturated heterocycles. The number of carbonyl (C=O) groups excluding carboxylic acids is 8. The zero-order chi connectivity index (χ0) is 44.4. The lowest BCUT2D eigenvalue weighted by Gasteiger charge is -2.36. The van der Waals surface area contributed by atoms with Gasteiger partial charge in [0.25, 0.3) is 0 Å². The molecule has 0 aliphatic rings. The number of imide groups is 2. The topological polar surface area (TPSA) is 229 Å². The van der Waals surface area contributed by atoms with E-state index in [1.807, 2.05) is 13.8 Å². The van der Waals surface area contributed by atoms with Gasteiger partial charge in [0.05, 0.1) is 30.8 Å². The molecule has 0 rings (SSSR count). The van der Waals surface area contributed by atoms with Crippen molar-refractivity contribution in [1.82, 2.24) is 20.4 Å². The highest BCUT2D eigenvalue weighted by atomic mass is 16.6. The summed E-state index contributed by atoms with van der Waals surface area (Å²) < 4.78 is 20.6. The van der Waals surface area contributed by atoms with Gasteiger partial charge in [-0.15, -0.1) is 0 Å². The molecule has 0 aromatic rings. The highest BCUT2D eigenvalue weighted by Gasteiger charge is 2.37. The Labute approximate surface area is 348 Å². The lowest BCUT2D eigenvalue weighted by Crippen LogP contribution is -2.55. The summed E-state index contributed by atoms with van der Waals surface area (Å²) in [5.74, 6) is -0.668. The predicted octanol–water partition coefficient (Wildman–Crippen LogP) is 6.47. The third kappa shape index (κ3) is 27.2. The number of carbonyl (C=O) groups is 6. The van der Waals surface area contributed by atoms with Crippen LogP contribution in [0.15, 0.2) is 34.8 Å². The maximum Gasteiger partial charge on any atom is 0.418 e. The molecule has 0 aliphatic heterocycles. The summed E-state index contributed by atoms with van der Waals surface area (Å²) in [6.45, 7) is 14.6. The number of urea groups is 2. The van der Waals surface area contributed by atoms with Gasteiger partial charge >= 0.3 is 30.2 Å². The van der Waals surface area contributed by atoms with E-state index < -0.39 is 41.3 Å². The second-order valence-electron chi connectivity index (χ2n) is 14.9. The van der Waals surface area contributed by atoms with E-state index in [1.165, 1.54) is 6.08 Å². The van der Waals surface area contributed by atoms with E-state index in [9.17, 15) is 38.4 Å². The largest absolute Gasteiger partial charge is 0.459 e. The van der Waals surface area contributed by atoms with Gasteiger partial charge in [-0.3, -0.25) is 4.79 Å². The van der Waals surface area contributed by atoms with Crippen molar-refractivity contribution in [3.8, 4) is 0 Å². The maximum atomic E-state index is 13.4. The van der Waals surface area contributed by atoms with Gasteiger partial charge in [0.2, 0.25) is 12.2 Å². The van der Waals surface area contributed by atoms with Gasteiger partial charge in [0.15, 0.2) is 0 Å². The van der Waals surface area contributed by atoms with Crippen LogP contribution in [0.2, 0.25) is 0 Å². The van der Waals surface area contributed by atoms with E-state index in [0.717, 1.165) is 48.0 Å². The Morgan fingerprint density at radius 1 is 0.695 bits per heavy atom. The lowest BCUT2D eigenvalue weighted by molar-refractivity contribution is -0.138. The van der Waals surface area contributed by atoms with Crippen LogP contribution in [0.3, 0.4) is 0 Å². The van der Waals surface area contributed by atoms with Gasteiger partial charge < -0.3 is 29.6 Å². The molecule has 0 heterocycles. The fourth-order valence-corrected chi connectivity index (χ4v) is 5.57. The summed E-state index contributed by atoms with van der Waals surface area (Å²) in [4.78, 5) is 105. The summed E-state index contributed by atoms with van der Waals surface area (Å²) in [7, 11) is 0. The number of hydrogen-bond donors (Lipinski definition) is 2. The summed E-state index contributed by atoms with van der Waals surface area (Å²) in [6, 6.07) is -1.22. The minimum absolute atomic E-state index is 0.00331. The fraction of sp³-hybridized carbons (Fsp3) is 0.707. The quantitative estimate of drug-likeness (QED) is 0.0138. The van der Waals surface area contributed by atoms with E-state index in [1.54, 1.807) is 19.9 Å². The number of nitrogens with zero attached hydrogens (tertiary/aromatic N) is 4. The van der Waals surface area contributed by atoms with Crippen LogP contribution in [-0.2, 0) is 38.1 Å². The molecule has 332 valence electrons. The number of rotatable bonds is 33. The van der Waals surface area contributed by atoms with Crippen LogP contribution in [-0.4, -0.2) is 129 Å². The monoisotopic (exact) mass is 834 g/mol. The Kier molecular flexibility index (Phi) is 29.9. The molecular formula is C41H66N6O12. The number of unbranched alkanes of at least 4 members (excludes halogenated alkanes) is 9. The molecule has 0 saturated carbocycles. The second kappa shape index (κ2) is 32.7. The van der Waals surface area contributed by atoms with Gasteiger partial charge in [0.1, 0.15) is 26.1 Å². The Morgan fingerprint density at radius 2 is 1.25 bits per heavy atom. The molecule has 0 fully saturated rings. The first-order valence-corrected chi connectivity index (χ1v) is 20.2. The third-order valence-corrected chi connectivity index (χ3v) is 8.88. The molecule has 0 bridgehead atoms. The lowest BCUT2D eigenvalue weighted by atomic mass is 9.94. The molecule has 18 heteroatoms.